The summed E-state index contributed by atoms with van der Waals surface area (Å²) in [6.07, 6.45) is 72.6. The number of aliphatic carboxylic acids is 1. The van der Waals surface area contributed by atoms with Crippen molar-refractivity contribution in [3.05, 3.63) is 122 Å². The van der Waals surface area contributed by atoms with Gasteiger partial charge in [0.25, 0.3) is 6.29 Å². The van der Waals surface area contributed by atoms with Gasteiger partial charge in [-0.25, -0.2) is 4.79 Å². The molecule has 414 valence electrons. The molecular weight excluding hydrogens is 911 g/mol. The van der Waals surface area contributed by atoms with Gasteiger partial charge in [-0.05, 0) is 109 Å². The second-order valence-electron chi connectivity index (χ2n) is 19.9. The van der Waals surface area contributed by atoms with Crippen molar-refractivity contribution in [3.8, 4) is 0 Å². The number of carbonyl (C=O) groups is 3. The summed E-state index contributed by atoms with van der Waals surface area (Å²) in [5.41, 5.74) is 0. The zero-order valence-corrected chi connectivity index (χ0v) is 47.0. The van der Waals surface area contributed by atoms with Crippen LogP contribution in [0.25, 0.3) is 0 Å². The highest BCUT2D eigenvalue weighted by atomic mass is 16.7. The van der Waals surface area contributed by atoms with Crippen molar-refractivity contribution in [2.45, 2.75) is 219 Å². The number of carboxylic acid groups (broad SMARTS) is 1. The molecule has 0 heterocycles. The van der Waals surface area contributed by atoms with Crippen molar-refractivity contribution >= 4 is 17.9 Å². The molecule has 0 rings (SSSR count). The van der Waals surface area contributed by atoms with E-state index in [1.165, 1.54) is 51.4 Å². The lowest BCUT2D eigenvalue weighted by Gasteiger charge is -2.25. The van der Waals surface area contributed by atoms with Crippen LogP contribution in [-0.4, -0.2) is 87.4 Å². The number of quaternary nitrogens is 1. The zero-order valence-electron chi connectivity index (χ0n) is 47.0. The minimum Gasteiger partial charge on any atom is -0.477 e. The Labute approximate surface area is 447 Å². The van der Waals surface area contributed by atoms with E-state index in [9.17, 15) is 19.5 Å². The molecule has 9 heteroatoms. The summed E-state index contributed by atoms with van der Waals surface area (Å²) in [4.78, 5) is 37.4. The second-order valence-corrected chi connectivity index (χ2v) is 19.9. The quantitative estimate of drug-likeness (QED) is 0.0211. The molecule has 0 aliphatic rings. The number of allylic oxidation sites excluding steroid dienone is 20. The molecule has 0 aromatic rings. The Kier molecular flexibility index (Phi) is 50.8. The number of nitrogens with zero attached hydrogens (tertiary/aromatic N) is 1. The molecular formula is C64H106NO8+. The molecule has 0 spiro atoms. The van der Waals surface area contributed by atoms with Crippen LogP contribution in [0, 0.1) is 0 Å². The van der Waals surface area contributed by atoms with Crippen molar-refractivity contribution in [2.24, 2.45) is 0 Å². The molecule has 0 radical (unpaired) electrons. The van der Waals surface area contributed by atoms with Crippen LogP contribution in [0.2, 0.25) is 0 Å². The van der Waals surface area contributed by atoms with Gasteiger partial charge in [-0.2, -0.15) is 0 Å². The van der Waals surface area contributed by atoms with Crippen LogP contribution in [0.3, 0.4) is 0 Å². The van der Waals surface area contributed by atoms with Gasteiger partial charge in [-0.3, -0.25) is 9.59 Å². The standard InChI is InChI=1S/C64H105NO8/c1-6-8-10-12-14-16-18-20-22-24-26-28-29-30-31-32-33-35-37-39-41-43-45-47-49-51-53-55-62(67)73-60(59-72-64(63(68)69)70-57-56-65(3,4)5)58-71-61(66)54-52-50-48-46-44-42-40-38-36-34-27-25-23-21-19-17-15-13-11-9-7-2/h8,10,14,16,19-22,25-28,30-31,33,35-36,38-39,41,60,64H,6-7,9,11-13,15,17-18,23-24,29,32,34,37,40,42-59H2,1-5H3/p+1/b10-8-,16-14-,21-19-,22-20-,27-25-,28-26-,31-30-,35-33-,38-36-,41-39-. The lowest BCUT2D eigenvalue weighted by Crippen LogP contribution is -2.40. The summed E-state index contributed by atoms with van der Waals surface area (Å²) in [7, 11) is 5.94. The van der Waals surface area contributed by atoms with Crippen molar-refractivity contribution in [1.82, 2.24) is 0 Å². The third kappa shape index (κ3) is 55.3. The van der Waals surface area contributed by atoms with Crippen LogP contribution in [0.15, 0.2) is 122 Å². The number of likely N-dealkylation sites (N-methyl/N-ethyl adjacent to an activating group) is 1. The fourth-order valence-corrected chi connectivity index (χ4v) is 7.29. The van der Waals surface area contributed by atoms with Gasteiger partial charge in [0.2, 0.25) is 0 Å². The van der Waals surface area contributed by atoms with Gasteiger partial charge in [-0.1, -0.05) is 206 Å². The average Bonchev–Trinajstić information content (AvgIpc) is 3.36. The first-order chi connectivity index (χ1) is 35.6. The maximum Gasteiger partial charge on any atom is 0.361 e. The average molecular weight is 1020 g/mol. The van der Waals surface area contributed by atoms with Crippen LogP contribution < -0.4 is 0 Å². The number of carboxylic acids is 1. The number of esters is 2. The van der Waals surface area contributed by atoms with Crippen LogP contribution >= 0.6 is 0 Å². The van der Waals surface area contributed by atoms with E-state index in [-0.39, 0.29) is 38.6 Å². The first-order valence-corrected chi connectivity index (χ1v) is 28.7. The number of rotatable bonds is 51. The van der Waals surface area contributed by atoms with Gasteiger partial charge in [0.1, 0.15) is 13.2 Å². The lowest BCUT2D eigenvalue weighted by molar-refractivity contribution is -0.870. The highest BCUT2D eigenvalue weighted by molar-refractivity contribution is 5.71. The molecule has 1 N–H and O–H groups in total. The Morgan fingerprint density at radius 3 is 1.16 bits per heavy atom. The van der Waals surface area contributed by atoms with E-state index in [0.29, 0.717) is 17.4 Å². The monoisotopic (exact) mass is 1020 g/mol. The molecule has 73 heavy (non-hydrogen) atoms. The molecule has 0 fully saturated rings. The van der Waals surface area contributed by atoms with E-state index in [1.807, 2.05) is 21.1 Å². The smallest absolute Gasteiger partial charge is 0.361 e. The molecule has 0 saturated heterocycles. The van der Waals surface area contributed by atoms with Crippen LogP contribution in [0.4, 0.5) is 0 Å². The lowest BCUT2D eigenvalue weighted by atomic mass is 10.1. The van der Waals surface area contributed by atoms with Gasteiger partial charge in [0.05, 0.1) is 34.4 Å². The molecule has 0 saturated carbocycles. The minimum absolute atomic E-state index is 0.174. The third-order valence-electron chi connectivity index (χ3n) is 11.7. The minimum atomic E-state index is -1.53. The fourth-order valence-electron chi connectivity index (χ4n) is 7.29. The predicted octanol–water partition coefficient (Wildman–Crippen LogP) is 16.9. The molecule has 0 bridgehead atoms. The Balaban J connectivity index is 4.38. The molecule has 0 amide bonds. The molecule has 0 aromatic carbocycles. The highest BCUT2D eigenvalue weighted by Crippen LogP contribution is 2.13. The van der Waals surface area contributed by atoms with Gasteiger partial charge in [-0.15, -0.1) is 0 Å². The Bertz CT molecular complexity index is 1610. The Morgan fingerprint density at radius 1 is 0.425 bits per heavy atom. The van der Waals surface area contributed by atoms with Gasteiger partial charge in [0.15, 0.2) is 6.10 Å². The van der Waals surface area contributed by atoms with E-state index in [2.05, 4.69) is 135 Å². The van der Waals surface area contributed by atoms with E-state index in [0.717, 1.165) is 122 Å². The number of carbonyl (C=O) groups excluding carboxylic acids is 2. The van der Waals surface area contributed by atoms with Crippen molar-refractivity contribution in [2.75, 3.05) is 47.5 Å². The maximum atomic E-state index is 12.9. The largest absolute Gasteiger partial charge is 0.477 e. The summed E-state index contributed by atoms with van der Waals surface area (Å²) >= 11 is 0. The molecule has 2 atom stereocenters. The van der Waals surface area contributed by atoms with Crippen LogP contribution in [0.5, 0.6) is 0 Å². The van der Waals surface area contributed by atoms with Crippen LogP contribution in [0.1, 0.15) is 206 Å². The van der Waals surface area contributed by atoms with E-state index < -0.39 is 24.3 Å². The van der Waals surface area contributed by atoms with E-state index >= 15 is 0 Å². The first-order valence-electron chi connectivity index (χ1n) is 28.7. The number of unbranched alkanes of at least 4 members (excludes halogenated alkanes) is 16. The molecule has 2 unspecified atom stereocenters. The summed E-state index contributed by atoms with van der Waals surface area (Å²) in [6.45, 7) is 4.69. The second kappa shape index (κ2) is 54.0. The first kappa shape index (κ1) is 68.7. The SMILES string of the molecule is CC/C=C\C/C=C\C/C=C\C/C=C\C/C=C\C/C=C\C/C=C\CCCCCCCC(=O)OC(COC(=O)CCCCCCCC/C=C\C/C=C\C/C=C\CCCCCCC)COC(OCC[N+](C)(C)C)C(=O)O. The molecule has 0 aliphatic carbocycles. The number of ether oxygens (including phenoxy) is 4. The van der Waals surface area contributed by atoms with Gasteiger partial charge >= 0.3 is 17.9 Å². The number of hydrogen-bond acceptors (Lipinski definition) is 7. The van der Waals surface area contributed by atoms with Crippen molar-refractivity contribution < 1.29 is 42.9 Å². The predicted molar refractivity (Wildman–Crippen MR) is 308 cm³/mol. The zero-order chi connectivity index (χ0) is 53.4. The van der Waals surface area contributed by atoms with E-state index in [1.54, 1.807) is 0 Å². The topological polar surface area (TPSA) is 108 Å². The number of hydrogen-bond donors (Lipinski definition) is 1. The Hall–Kier alpha value is -4.31. The summed E-state index contributed by atoms with van der Waals surface area (Å²) < 4.78 is 22.8. The molecule has 0 aliphatic heterocycles. The van der Waals surface area contributed by atoms with Crippen molar-refractivity contribution in [1.29, 1.82) is 0 Å². The molecule has 9 nitrogen and oxygen atoms in total. The fraction of sp³-hybridized carbons (Fsp3) is 0.641. The van der Waals surface area contributed by atoms with Gasteiger partial charge < -0.3 is 28.5 Å². The normalized spacial score (nSPS) is 13.7. The van der Waals surface area contributed by atoms with Gasteiger partial charge in [0, 0.05) is 12.8 Å². The van der Waals surface area contributed by atoms with Crippen molar-refractivity contribution in [3.63, 3.8) is 0 Å². The van der Waals surface area contributed by atoms with Crippen LogP contribution in [-0.2, 0) is 33.3 Å². The summed E-state index contributed by atoms with van der Waals surface area (Å²) in [6, 6.07) is 0. The van der Waals surface area contributed by atoms with E-state index in [4.69, 9.17) is 18.9 Å². The third-order valence-corrected chi connectivity index (χ3v) is 11.7. The maximum absolute atomic E-state index is 12.9. The Morgan fingerprint density at radius 2 is 0.781 bits per heavy atom. The summed E-state index contributed by atoms with van der Waals surface area (Å²) in [5.74, 6) is -2.06. The highest BCUT2D eigenvalue weighted by Gasteiger charge is 2.25. The molecule has 0 aromatic heterocycles. The summed E-state index contributed by atoms with van der Waals surface area (Å²) in [5, 5.41) is 9.70.